The van der Waals surface area contributed by atoms with Crippen molar-refractivity contribution in [2.24, 2.45) is 0 Å². The van der Waals surface area contributed by atoms with Crippen molar-refractivity contribution < 1.29 is 18.0 Å². The summed E-state index contributed by atoms with van der Waals surface area (Å²) in [7, 11) is -2.16. The van der Waals surface area contributed by atoms with Gasteiger partial charge in [0.1, 0.15) is 0 Å². The summed E-state index contributed by atoms with van der Waals surface area (Å²) in [6.07, 6.45) is 0.710. The minimum Gasteiger partial charge on any atom is -0.349 e. The van der Waals surface area contributed by atoms with Crippen molar-refractivity contribution in [1.82, 2.24) is 10.0 Å². The lowest BCUT2D eigenvalue weighted by Crippen LogP contribution is -2.35. The highest BCUT2D eigenvalue weighted by Crippen LogP contribution is 2.32. The molecule has 1 aliphatic heterocycles. The maximum atomic E-state index is 13.0. The van der Waals surface area contributed by atoms with Crippen molar-refractivity contribution in [3.63, 3.8) is 0 Å². The first-order valence-corrected chi connectivity index (χ1v) is 10.9. The van der Waals surface area contributed by atoms with Gasteiger partial charge in [0.25, 0.3) is 0 Å². The van der Waals surface area contributed by atoms with E-state index in [1.165, 1.54) is 20.0 Å². The third-order valence-electron chi connectivity index (χ3n) is 5.06. The molecule has 29 heavy (non-hydrogen) atoms. The van der Waals surface area contributed by atoms with Crippen LogP contribution in [0.5, 0.6) is 0 Å². The summed E-state index contributed by atoms with van der Waals surface area (Å²) in [6.45, 7) is 3.89. The van der Waals surface area contributed by atoms with Crippen LogP contribution >= 0.6 is 0 Å². The summed E-state index contributed by atoms with van der Waals surface area (Å²) in [4.78, 5) is 26.5. The number of carbonyl (C=O) groups excluding carboxylic acids is 2. The van der Waals surface area contributed by atoms with E-state index in [0.717, 1.165) is 22.4 Å². The molecule has 0 saturated heterocycles. The maximum Gasteiger partial charge on any atom is 0.240 e. The van der Waals surface area contributed by atoms with Crippen LogP contribution in [0.15, 0.2) is 47.4 Å². The monoisotopic (exact) mass is 415 g/mol. The zero-order valence-corrected chi connectivity index (χ0v) is 17.5. The number of amides is 2. The van der Waals surface area contributed by atoms with E-state index < -0.39 is 16.1 Å². The molecule has 2 amide bonds. The predicted octanol–water partition coefficient (Wildman–Crippen LogP) is 2.06. The minimum absolute atomic E-state index is 0.118. The van der Waals surface area contributed by atoms with Gasteiger partial charge in [0.15, 0.2) is 0 Å². The molecule has 2 aromatic rings. The highest BCUT2D eigenvalue weighted by Gasteiger charge is 2.28. The van der Waals surface area contributed by atoms with Gasteiger partial charge in [-0.3, -0.25) is 9.59 Å². The summed E-state index contributed by atoms with van der Waals surface area (Å²) in [5.41, 5.74) is 3.51. The number of anilines is 1. The number of fused-ring (bicyclic) bond motifs is 1. The number of hydrogen-bond acceptors (Lipinski definition) is 4. The fourth-order valence-electron chi connectivity index (χ4n) is 3.50. The van der Waals surface area contributed by atoms with Crippen LogP contribution in [-0.2, 0) is 26.0 Å². The van der Waals surface area contributed by atoms with Gasteiger partial charge in [-0.2, -0.15) is 0 Å². The Morgan fingerprint density at radius 2 is 1.83 bits per heavy atom. The van der Waals surface area contributed by atoms with Crippen LogP contribution in [0.1, 0.15) is 36.1 Å². The van der Waals surface area contributed by atoms with E-state index in [0.29, 0.717) is 13.0 Å². The number of nitrogens with zero attached hydrogens (tertiary/aromatic N) is 1. The Morgan fingerprint density at radius 1 is 1.14 bits per heavy atom. The van der Waals surface area contributed by atoms with Gasteiger partial charge in [-0.25, -0.2) is 13.1 Å². The second-order valence-corrected chi connectivity index (χ2v) is 9.05. The molecule has 1 atom stereocenters. The number of rotatable bonds is 6. The average molecular weight is 416 g/mol. The Bertz CT molecular complexity index is 1030. The molecule has 0 aromatic heterocycles. The smallest absolute Gasteiger partial charge is 0.240 e. The van der Waals surface area contributed by atoms with Crippen molar-refractivity contribution in [3.8, 4) is 0 Å². The van der Waals surface area contributed by atoms with Gasteiger partial charge in [-0.1, -0.05) is 29.8 Å². The quantitative estimate of drug-likeness (QED) is 0.755. The molecule has 8 heteroatoms. The number of aryl methyl sites for hydroxylation is 1. The molecule has 1 unspecified atom stereocenters. The Balaban J connectivity index is 1.82. The van der Waals surface area contributed by atoms with Crippen LogP contribution in [0.3, 0.4) is 0 Å². The predicted molar refractivity (Wildman–Crippen MR) is 111 cm³/mol. The van der Waals surface area contributed by atoms with Gasteiger partial charge in [-0.05, 0) is 49.7 Å². The van der Waals surface area contributed by atoms with Gasteiger partial charge >= 0.3 is 0 Å². The van der Waals surface area contributed by atoms with Crippen LogP contribution in [-0.4, -0.2) is 33.8 Å². The topological polar surface area (TPSA) is 95.6 Å². The number of carbonyl (C=O) groups is 2. The van der Waals surface area contributed by atoms with Crippen LogP contribution < -0.4 is 14.9 Å². The molecule has 0 radical (unpaired) electrons. The molecular formula is C21H25N3O4S. The van der Waals surface area contributed by atoms with E-state index in [-0.39, 0.29) is 23.1 Å². The molecule has 1 heterocycles. The zero-order valence-electron chi connectivity index (χ0n) is 16.7. The average Bonchev–Trinajstić information content (AvgIpc) is 3.11. The first kappa shape index (κ1) is 21.0. The lowest BCUT2D eigenvalue weighted by Gasteiger charge is -2.23. The second-order valence-electron chi connectivity index (χ2n) is 7.16. The fourth-order valence-corrected chi connectivity index (χ4v) is 4.28. The van der Waals surface area contributed by atoms with Crippen molar-refractivity contribution in [3.05, 3.63) is 59.2 Å². The van der Waals surface area contributed by atoms with Crippen LogP contribution in [0.2, 0.25) is 0 Å². The third kappa shape index (κ3) is 4.65. The first-order chi connectivity index (χ1) is 13.7. The SMILES string of the molecule is CNS(=O)(=O)c1ccc2c(c1)CCN2C(=O)CC(NC(C)=O)c1ccc(C)cc1. The maximum absolute atomic E-state index is 13.0. The molecule has 0 saturated carbocycles. The van der Waals surface area contributed by atoms with Crippen LogP contribution in [0.25, 0.3) is 0 Å². The third-order valence-corrected chi connectivity index (χ3v) is 6.47. The summed E-state index contributed by atoms with van der Waals surface area (Å²) < 4.78 is 26.3. The summed E-state index contributed by atoms with van der Waals surface area (Å²) in [5.74, 6) is -0.320. The number of hydrogen-bond donors (Lipinski definition) is 2. The Hall–Kier alpha value is -2.71. The number of sulfonamides is 1. The summed E-state index contributed by atoms with van der Waals surface area (Å²) >= 11 is 0. The minimum atomic E-state index is -3.53. The van der Waals surface area contributed by atoms with E-state index in [9.17, 15) is 18.0 Å². The van der Waals surface area contributed by atoms with Crippen LogP contribution in [0.4, 0.5) is 5.69 Å². The number of nitrogens with one attached hydrogen (secondary N) is 2. The first-order valence-electron chi connectivity index (χ1n) is 9.42. The Kier molecular flexibility index (Phi) is 6.04. The molecule has 0 spiro atoms. The van der Waals surface area contributed by atoms with E-state index in [2.05, 4.69) is 10.0 Å². The van der Waals surface area contributed by atoms with Gasteiger partial charge < -0.3 is 10.2 Å². The van der Waals surface area contributed by atoms with Crippen molar-refractivity contribution in [2.45, 2.75) is 37.6 Å². The molecule has 7 nitrogen and oxygen atoms in total. The zero-order chi connectivity index (χ0) is 21.2. The second kappa shape index (κ2) is 8.34. The van der Waals surface area contributed by atoms with Gasteiger partial charge in [0.2, 0.25) is 21.8 Å². The molecule has 0 fully saturated rings. The number of benzene rings is 2. The van der Waals surface area contributed by atoms with E-state index in [4.69, 9.17) is 0 Å². The highest BCUT2D eigenvalue weighted by atomic mass is 32.2. The van der Waals surface area contributed by atoms with Gasteiger partial charge in [0, 0.05) is 19.2 Å². The van der Waals surface area contributed by atoms with Crippen molar-refractivity contribution in [2.75, 3.05) is 18.5 Å². The molecule has 0 bridgehead atoms. The summed E-state index contributed by atoms with van der Waals surface area (Å²) in [5, 5.41) is 2.86. The summed E-state index contributed by atoms with van der Waals surface area (Å²) in [6, 6.07) is 12.1. The molecule has 154 valence electrons. The van der Waals surface area contributed by atoms with Crippen molar-refractivity contribution in [1.29, 1.82) is 0 Å². The van der Waals surface area contributed by atoms with Crippen LogP contribution in [0, 0.1) is 6.92 Å². The Labute approximate surface area is 171 Å². The largest absolute Gasteiger partial charge is 0.349 e. The lowest BCUT2D eigenvalue weighted by molar-refractivity contribution is -0.121. The molecular weight excluding hydrogens is 390 g/mol. The molecule has 1 aliphatic rings. The molecule has 0 aliphatic carbocycles. The van der Waals surface area contributed by atoms with Crippen molar-refractivity contribution >= 4 is 27.5 Å². The normalized spacial score (nSPS) is 14.4. The molecule has 2 N–H and O–H groups in total. The fraction of sp³-hybridized carbons (Fsp3) is 0.333. The molecule has 2 aromatic carbocycles. The van der Waals surface area contributed by atoms with Gasteiger partial charge in [0.05, 0.1) is 17.4 Å². The van der Waals surface area contributed by atoms with E-state index >= 15 is 0 Å². The van der Waals surface area contributed by atoms with E-state index in [1.54, 1.807) is 17.0 Å². The standard InChI is InChI=1S/C21H25N3O4S/c1-14-4-6-16(7-5-14)19(23-15(2)25)13-21(26)24-11-10-17-12-18(8-9-20(17)24)29(27,28)22-3/h4-9,12,19,22H,10-11,13H2,1-3H3,(H,23,25). The highest BCUT2D eigenvalue weighted by molar-refractivity contribution is 7.89. The van der Waals surface area contributed by atoms with E-state index in [1.807, 2.05) is 31.2 Å². The molecule has 3 rings (SSSR count). The van der Waals surface area contributed by atoms with Gasteiger partial charge in [-0.15, -0.1) is 0 Å². The lowest BCUT2D eigenvalue weighted by atomic mass is 10.0. The Morgan fingerprint density at radius 3 is 2.45 bits per heavy atom.